The largest absolute Gasteiger partial charge is 0.389 e. The molecule has 1 amide bonds. The SMILES string of the molecule is CC1(c2ccc(Cl)c(Cl)c2)C(=O)Nc2nc(-c3cn4ccnc4c(CCC(F)(F)F)n3)nc(N)c21. The minimum absolute atomic E-state index is 0.0151. The summed E-state index contributed by atoms with van der Waals surface area (Å²) in [4.78, 5) is 30.3. The standard InChI is InChI=1S/C22H16Cl2F3N7O/c1-21(10-2-3-11(23)12(24)8-10)15-16(28)31-17(32-18(15)33-20(21)35)14-9-34-7-6-29-19(34)13(30-14)4-5-22(25,26)27/h2-3,6-9H,4-5H2,1H3,(H3,28,31,32,33,35). The molecule has 1 aliphatic rings. The molecule has 0 spiro atoms. The van der Waals surface area contributed by atoms with Crippen LogP contribution in [0.25, 0.3) is 17.2 Å². The number of rotatable bonds is 4. The lowest BCUT2D eigenvalue weighted by atomic mass is 9.78. The van der Waals surface area contributed by atoms with Crippen LogP contribution >= 0.6 is 23.2 Å². The molecule has 0 saturated carbocycles. The van der Waals surface area contributed by atoms with E-state index >= 15 is 0 Å². The zero-order valence-electron chi connectivity index (χ0n) is 18.0. The number of carbonyl (C=O) groups excluding carboxylic acids is 1. The Balaban J connectivity index is 1.61. The highest BCUT2D eigenvalue weighted by atomic mass is 35.5. The fourth-order valence-corrected chi connectivity index (χ4v) is 4.44. The van der Waals surface area contributed by atoms with Gasteiger partial charge >= 0.3 is 6.18 Å². The summed E-state index contributed by atoms with van der Waals surface area (Å²) < 4.78 is 40.1. The van der Waals surface area contributed by atoms with Crippen LogP contribution in [0.1, 0.15) is 30.2 Å². The van der Waals surface area contributed by atoms with Crippen LogP contribution in [0.2, 0.25) is 10.0 Å². The number of aryl methyl sites for hydroxylation is 1. The average molecular weight is 522 g/mol. The number of nitrogens with zero attached hydrogens (tertiary/aromatic N) is 5. The molecule has 180 valence electrons. The summed E-state index contributed by atoms with van der Waals surface area (Å²) in [5.74, 6) is -0.159. The van der Waals surface area contributed by atoms with Crippen molar-refractivity contribution in [1.29, 1.82) is 0 Å². The molecule has 5 rings (SSSR count). The molecule has 1 aromatic carbocycles. The van der Waals surface area contributed by atoms with Crippen LogP contribution in [-0.2, 0) is 16.6 Å². The summed E-state index contributed by atoms with van der Waals surface area (Å²) in [7, 11) is 0. The second kappa shape index (κ2) is 8.06. The Morgan fingerprint density at radius 3 is 2.66 bits per heavy atom. The number of benzene rings is 1. The average Bonchev–Trinajstić information content (AvgIpc) is 3.36. The highest BCUT2D eigenvalue weighted by Gasteiger charge is 2.47. The molecular formula is C22H16Cl2F3N7O. The highest BCUT2D eigenvalue weighted by Crippen LogP contribution is 2.45. The van der Waals surface area contributed by atoms with E-state index in [9.17, 15) is 18.0 Å². The van der Waals surface area contributed by atoms with E-state index in [2.05, 4.69) is 25.3 Å². The predicted octanol–water partition coefficient (Wildman–Crippen LogP) is 4.83. The van der Waals surface area contributed by atoms with Crippen molar-refractivity contribution in [3.8, 4) is 11.5 Å². The third-order valence-electron chi connectivity index (χ3n) is 5.94. The summed E-state index contributed by atoms with van der Waals surface area (Å²) >= 11 is 12.2. The van der Waals surface area contributed by atoms with Crippen LogP contribution in [0.3, 0.4) is 0 Å². The quantitative estimate of drug-likeness (QED) is 0.398. The third kappa shape index (κ3) is 3.94. The number of imidazole rings is 1. The molecule has 3 aromatic heterocycles. The number of anilines is 2. The molecule has 13 heteroatoms. The van der Waals surface area contributed by atoms with Crippen molar-refractivity contribution in [2.24, 2.45) is 0 Å². The van der Waals surface area contributed by atoms with Gasteiger partial charge < -0.3 is 15.5 Å². The first kappa shape index (κ1) is 23.3. The van der Waals surface area contributed by atoms with Crippen molar-refractivity contribution in [2.75, 3.05) is 11.1 Å². The third-order valence-corrected chi connectivity index (χ3v) is 6.68. The van der Waals surface area contributed by atoms with E-state index in [-0.39, 0.29) is 40.3 Å². The van der Waals surface area contributed by atoms with Gasteiger partial charge in [0.2, 0.25) is 5.91 Å². The molecule has 1 atom stereocenters. The number of fused-ring (bicyclic) bond motifs is 2. The van der Waals surface area contributed by atoms with E-state index in [4.69, 9.17) is 28.9 Å². The van der Waals surface area contributed by atoms with Gasteiger partial charge in [-0.25, -0.2) is 19.9 Å². The smallest absolute Gasteiger partial charge is 0.383 e. The van der Waals surface area contributed by atoms with Gasteiger partial charge in [-0.2, -0.15) is 13.2 Å². The topological polar surface area (TPSA) is 111 Å². The van der Waals surface area contributed by atoms with Crippen molar-refractivity contribution in [3.63, 3.8) is 0 Å². The van der Waals surface area contributed by atoms with Crippen LogP contribution in [-0.4, -0.2) is 36.4 Å². The van der Waals surface area contributed by atoms with E-state index in [1.54, 1.807) is 35.7 Å². The number of carbonyl (C=O) groups is 1. The van der Waals surface area contributed by atoms with Crippen molar-refractivity contribution in [3.05, 3.63) is 63.7 Å². The van der Waals surface area contributed by atoms with Crippen LogP contribution in [0.4, 0.5) is 24.8 Å². The zero-order chi connectivity index (χ0) is 25.1. The monoisotopic (exact) mass is 521 g/mol. The molecule has 0 aliphatic carbocycles. The van der Waals surface area contributed by atoms with E-state index in [1.165, 1.54) is 12.4 Å². The summed E-state index contributed by atoms with van der Waals surface area (Å²) in [5, 5.41) is 3.32. The summed E-state index contributed by atoms with van der Waals surface area (Å²) in [6.07, 6.45) is -1.21. The molecule has 8 nitrogen and oxygen atoms in total. The predicted molar refractivity (Wildman–Crippen MR) is 124 cm³/mol. The van der Waals surface area contributed by atoms with Gasteiger partial charge in [-0.05, 0) is 24.6 Å². The molecule has 1 unspecified atom stereocenters. The molecule has 0 radical (unpaired) electrons. The van der Waals surface area contributed by atoms with Gasteiger partial charge in [0.1, 0.15) is 22.7 Å². The lowest BCUT2D eigenvalue weighted by Crippen LogP contribution is -2.33. The Kier molecular flexibility index (Phi) is 5.37. The molecule has 0 saturated heterocycles. The number of amides is 1. The Morgan fingerprint density at radius 1 is 1.17 bits per heavy atom. The Hall–Kier alpha value is -3.44. The highest BCUT2D eigenvalue weighted by molar-refractivity contribution is 6.42. The fraction of sp³-hybridized carbons (Fsp3) is 0.227. The number of alkyl halides is 3. The molecular weight excluding hydrogens is 506 g/mol. The van der Waals surface area contributed by atoms with Gasteiger partial charge in [-0.3, -0.25) is 4.79 Å². The van der Waals surface area contributed by atoms with E-state index < -0.39 is 23.9 Å². The Morgan fingerprint density at radius 2 is 1.94 bits per heavy atom. The number of halogens is 5. The molecule has 4 heterocycles. The van der Waals surface area contributed by atoms with Crippen LogP contribution in [0.15, 0.2) is 36.8 Å². The number of hydrogen-bond donors (Lipinski definition) is 2. The number of hydrogen-bond acceptors (Lipinski definition) is 6. The number of nitrogens with two attached hydrogens (primary N) is 1. The van der Waals surface area contributed by atoms with Gasteiger partial charge in [0.05, 0.1) is 21.3 Å². The summed E-state index contributed by atoms with van der Waals surface area (Å²) in [6.45, 7) is 1.66. The van der Waals surface area contributed by atoms with Gasteiger partial charge in [-0.1, -0.05) is 29.3 Å². The molecule has 0 bridgehead atoms. The maximum absolute atomic E-state index is 13.1. The number of aromatic nitrogens is 5. The lowest BCUT2D eigenvalue weighted by molar-refractivity contribution is -0.134. The minimum Gasteiger partial charge on any atom is -0.383 e. The van der Waals surface area contributed by atoms with Crippen LogP contribution in [0, 0.1) is 0 Å². The maximum Gasteiger partial charge on any atom is 0.389 e. The maximum atomic E-state index is 13.1. The van der Waals surface area contributed by atoms with Crippen LogP contribution < -0.4 is 11.1 Å². The first-order chi connectivity index (χ1) is 16.5. The van der Waals surface area contributed by atoms with E-state index in [1.807, 2.05) is 0 Å². The van der Waals surface area contributed by atoms with Crippen molar-refractivity contribution in [1.82, 2.24) is 24.3 Å². The summed E-state index contributed by atoms with van der Waals surface area (Å²) in [6, 6.07) is 4.82. The van der Waals surface area contributed by atoms with Gasteiger partial charge in [0.25, 0.3) is 0 Å². The molecule has 4 aromatic rings. The second-order valence-electron chi connectivity index (χ2n) is 8.21. The number of nitrogens with one attached hydrogen (secondary N) is 1. The fourth-order valence-electron chi connectivity index (χ4n) is 4.14. The van der Waals surface area contributed by atoms with E-state index in [0.717, 1.165) is 0 Å². The molecule has 0 fully saturated rings. The van der Waals surface area contributed by atoms with Gasteiger partial charge in [0, 0.05) is 31.4 Å². The summed E-state index contributed by atoms with van der Waals surface area (Å²) in [5.41, 5.74) is 6.57. The molecule has 35 heavy (non-hydrogen) atoms. The zero-order valence-corrected chi connectivity index (χ0v) is 19.5. The van der Waals surface area contributed by atoms with Crippen molar-refractivity contribution >= 4 is 46.4 Å². The number of nitrogen functional groups attached to an aromatic ring is 1. The van der Waals surface area contributed by atoms with Gasteiger partial charge in [-0.15, -0.1) is 0 Å². The first-order valence-electron chi connectivity index (χ1n) is 10.3. The minimum atomic E-state index is -4.35. The molecule has 1 aliphatic heterocycles. The Labute approximate surface area is 206 Å². The second-order valence-corrected chi connectivity index (χ2v) is 9.02. The van der Waals surface area contributed by atoms with Gasteiger partial charge in [0.15, 0.2) is 11.5 Å². The Bertz CT molecular complexity index is 1500. The van der Waals surface area contributed by atoms with E-state index in [0.29, 0.717) is 21.8 Å². The van der Waals surface area contributed by atoms with Crippen molar-refractivity contribution in [2.45, 2.75) is 31.4 Å². The van der Waals surface area contributed by atoms with Crippen LogP contribution in [0.5, 0.6) is 0 Å². The normalized spacial score (nSPS) is 17.6. The molecule has 3 N–H and O–H groups in total. The van der Waals surface area contributed by atoms with Crippen molar-refractivity contribution < 1.29 is 18.0 Å². The first-order valence-corrected chi connectivity index (χ1v) is 11.1. The lowest BCUT2D eigenvalue weighted by Gasteiger charge is -2.23.